The van der Waals surface area contributed by atoms with E-state index in [4.69, 9.17) is 10.5 Å². The summed E-state index contributed by atoms with van der Waals surface area (Å²) in [6.07, 6.45) is 6.35. The molecule has 6 nitrogen and oxygen atoms in total. The van der Waals surface area contributed by atoms with Crippen LogP contribution < -0.4 is 10.5 Å². The highest BCUT2D eigenvalue weighted by molar-refractivity contribution is 5.58. The minimum absolute atomic E-state index is 0.289. The van der Waals surface area contributed by atoms with E-state index < -0.39 is 0 Å². The number of nitrogens with zero attached hydrogens (tertiary/aromatic N) is 4. The third kappa shape index (κ3) is 2.35. The van der Waals surface area contributed by atoms with Crippen molar-refractivity contribution in [1.82, 2.24) is 19.7 Å². The Hall–Kier alpha value is -2.11. The fourth-order valence-corrected chi connectivity index (χ4v) is 1.52. The molecule has 2 aromatic heterocycles. The zero-order valence-corrected chi connectivity index (χ0v) is 9.92. The van der Waals surface area contributed by atoms with Crippen LogP contribution in [0.2, 0.25) is 0 Å². The molecule has 17 heavy (non-hydrogen) atoms. The maximum Gasteiger partial charge on any atom is 0.257 e. The van der Waals surface area contributed by atoms with E-state index in [1.54, 1.807) is 12.4 Å². The Kier molecular flexibility index (Phi) is 3.22. The molecule has 2 heterocycles. The molecule has 90 valence electrons. The normalized spacial score (nSPS) is 10.5. The van der Waals surface area contributed by atoms with E-state index in [0.717, 1.165) is 18.5 Å². The van der Waals surface area contributed by atoms with Crippen LogP contribution in [-0.2, 0) is 6.54 Å². The van der Waals surface area contributed by atoms with Crippen molar-refractivity contribution in [3.05, 3.63) is 18.6 Å². The average molecular weight is 233 g/mol. The van der Waals surface area contributed by atoms with Crippen LogP contribution in [0.25, 0.3) is 11.3 Å². The van der Waals surface area contributed by atoms with Crippen molar-refractivity contribution in [2.24, 2.45) is 0 Å². The predicted octanol–water partition coefficient (Wildman–Crippen LogP) is 1.34. The minimum Gasteiger partial charge on any atom is -0.478 e. The van der Waals surface area contributed by atoms with Crippen molar-refractivity contribution in [1.29, 1.82) is 0 Å². The molecule has 0 aromatic carbocycles. The van der Waals surface area contributed by atoms with Gasteiger partial charge in [0.05, 0.1) is 25.2 Å². The predicted molar refractivity (Wildman–Crippen MR) is 64.5 cm³/mol. The highest BCUT2D eigenvalue weighted by Gasteiger charge is 2.08. The molecule has 2 N–H and O–H groups in total. The van der Waals surface area contributed by atoms with Crippen LogP contribution in [0.15, 0.2) is 18.6 Å². The van der Waals surface area contributed by atoms with Gasteiger partial charge in [0, 0.05) is 18.3 Å². The molecule has 0 amide bonds. The van der Waals surface area contributed by atoms with Crippen LogP contribution in [0.4, 0.5) is 5.82 Å². The van der Waals surface area contributed by atoms with Gasteiger partial charge in [-0.2, -0.15) is 5.10 Å². The second-order valence-electron chi connectivity index (χ2n) is 3.64. The molecule has 0 fully saturated rings. The minimum atomic E-state index is 0.289. The maximum atomic E-state index is 5.61. The lowest BCUT2D eigenvalue weighted by Gasteiger charge is -2.03. The van der Waals surface area contributed by atoms with Gasteiger partial charge in [0.15, 0.2) is 5.82 Å². The topological polar surface area (TPSA) is 78.9 Å². The van der Waals surface area contributed by atoms with Gasteiger partial charge < -0.3 is 10.5 Å². The van der Waals surface area contributed by atoms with E-state index >= 15 is 0 Å². The molecule has 0 saturated carbocycles. The van der Waals surface area contributed by atoms with Crippen molar-refractivity contribution >= 4 is 5.82 Å². The van der Waals surface area contributed by atoms with Crippen LogP contribution in [0.5, 0.6) is 5.88 Å². The summed E-state index contributed by atoms with van der Waals surface area (Å²) in [5.74, 6) is 0.628. The highest BCUT2D eigenvalue weighted by Crippen LogP contribution is 2.21. The lowest BCUT2D eigenvalue weighted by Crippen LogP contribution is -1.99. The summed E-state index contributed by atoms with van der Waals surface area (Å²) in [6.45, 7) is 2.99. The maximum absolute atomic E-state index is 5.61. The smallest absolute Gasteiger partial charge is 0.257 e. The quantitative estimate of drug-likeness (QED) is 0.862. The zero-order chi connectivity index (χ0) is 12.3. The number of anilines is 1. The van der Waals surface area contributed by atoms with Gasteiger partial charge in [-0.05, 0) is 6.42 Å². The van der Waals surface area contributed by atoms with Crippen molar-refractivity contribution in [3.63, 3.8) is 0 Å². The van der Waals surface area contributed by atoms with E-state index in [0.29, 0.717) is 11.6 Å². The molecular weight excluding hydrogens is 218 g/mol. The van der Waals surface area contributed by atoms with Gasteiger partial charge in [0.25, 0.3) is 5.88 Å². The van der Waals surface area contributed by atoms with Crippen LogP contribution in [0, 0.1) is 0 Å². The summed E-state index contributed by atoms with van der Waals surface area (Å²) < 4.78 is 6.91. The molecule has 0 unspecified atom stereocenters. The first-order valence-electron chi connectivity index (χ1n) is 5.44. The lowest BCUT2D eigenvalue weighted by atomic mass is 10.3. The van der Waals surface area contributed by atoms with Crippen molar-refractivity contribution in [3.8, 4) is 17.1 Å². The second-order valence-corrected chi connectivity index (χ2v) is 3.64. The number of aryl methyl sites for hydroxylation is 1. The number of methoxy groups -OCH3 is 1. The van der Waals surface area contributed by atoms with E-state index in [1.165, 1.54) is 7.11 Å². The molecule has 0 spiro atoms. The molecule has 2 aromatic rings. The molecule has 0 radical (unpaired) electrons. The molecule has 0 atom stereocenters. The Morgan fingerprint density at radius 2 is 2.24 bits per heavy atom. The number of hydrogen-bond donors (Lipinski definition) is 1. The summed E-state index contributed by atoms with van der Waals surface area (Å²) in [4.78, 5) is 8.31. The molecule has 2 rings (SSSR count). The first-order valence-corrected chi connectivity index (χ1v) is 5.44. The zero-order valence-electron chi connectivity index (χ0n) is 9.92. The Labute approximate surface area is 99.4 Å². The fraction of sp³-hybridized carbons (Fsp3) is 0.364. The highest BCUT2D eigenvalue weighted by atomic mass is 16.5. The number of rotatable bonds is 4. The summed E-state index contributed by atoms with van der Waals surface area (Å²) >= 11 is 0. The average Bonchev–Trinajstić information content (AvgIpc) is 2.79. The largest absolute Gasteiger partial charge is 0.478 e. The van der Waals surface area contributed by atoms with Gasteiger partial charge in [-0.15, -0.1) is 0 Å². The molecule has 6 heteroatoms. The third-order valence-corrected chi connectivity index (χ3v) is 2.34. The lowest BCUT2D eigenvalue weighted by molar-refractivity contribution is 0.399. The van der Waals surface area contributed by atoms with Gasteiger partial charge >= 0.3 is 0 Å². The van der Waals surface area contributed by atoms with E-state index in [1.807, 2.05) is 10.9 Å². The van der Waals surface area contributed by atoms with Gasteiger partial charge in [0.1, 0.15) is 0 Å². The van der Waals surface area contributed by atoms with Crippen LogP contribution in [0.3, 0.4) is 0 Å². The molecule has 0 bridgehead atoms. The van der Waals surface area contributed by atoms with E-state index in [9.17, 15) is 0 Å². The summed E-state index contributed by atoms with van der Waals surface area (Å²) in [6, 6.07) is 0. The Morgan fingerprint density at radius 3 is 2.94 bits per heavy atom. The fourth-order valence-electron chi connectivity index (χ4n) is 1.52. The Morgan fingerprint density at radius 1 is 1.41 bits per heavy atom. The van der Waals surface area contributed by atoms with Gasteiger partial charge in [-0.25, -0.2) is 9.97 Å². The van der Waals surface area contributed by atoms with Crippen molar-refractivity contribution in [2.75, 3.05) is 12.8 Å². The van der Waals surface area contributed by atoms with Gasteiger partial charge in [0.2, 0.25) is 0 Å². The molecule has 0 aliphatic rings. The Balaban J connectivity index is 2.32. The first kappa shape index (κ1) is 11.4. The van der Waals surface area contributed by atoms with Crippen LogP contribution in [0.1, 0.15) is 13.3 Å². The van der Waals surface area contributed by atoms with E-state index in [2.05, 4.69) is 22.0 Å². The number of nitrogen functional groups attached to an aromatic ring is 1. The van der Waals surface area contributed by atoms with Gasteiger partial charge in [-0.1, -0.05) is 6.92 Å². The van der Waals surface area contributed by atoms with Gasteiger partial charge in [-0.3, -0.25) is 4.68 Å². The first-order chi connectivity index (χ1) is 8.24. The Bertz CT molecular complexity index is 508. The van der Waals surface area contributed by atoms with Crippen molar-refractivity contribution < 1.29 is 4.74 Å². The number of hydrogen-bond acceptors (Lipinski definition) is 5. The molecule has 0 saturated heterocycles. The van der Waals surface area contributed by atoms with Crippen LogP contribution in [-0.4, -0.2) is 26.9 Å². The molecule has 0 aliphatic carbocycles. The standard InChI is InChI=1S/C11H15N5O/c1-3-4-16-7-8(5-14-16)9-6-13-10(12)11(15-9)17-2/h5-7H,3-4H2,1-2H3,(H2,12,13). The number of aromatic nitrogens is 4. The molecule has 0 aliphatic heterocycles. The molecular formula is C11H15N5O. The summed E-state index contributed by atoms with van der Waals surface area (Å²) in [5.41, 5.74) is 7.23. The number of nitrogens with two attached hydrogens (primary N) is 1. The summed E-state index contributed by atoms with van der Waals surface area (Å²) in [7, 11) is 1.52. The SMILES string of the molecule is CCCn1cc(-c2cnc(N)c(OC)n2)cn1. The van der Waals surface area contributed by atoms with Crippen molar-refractivity contribution in [2.45, 2.75) is 19.9 Å². The number of ether oxygens (including phenoxy) is 1. The van der Waals surface area contributed by atoms with Crippen LogP contribution >= 0.6 is 0 Å². The monoisotopic (exact) mass is 233 g/mol. The summed E-state index contributed by atoms with van der Waals surface area (Å²) in [5, 5.41) is 4.24. The third-order valence-electron chi connectivity index (χ3n) is 2.34. The van der Waals surface area contributed by atoms with E-state index in [-0.39, 0.29) is 5.82 Å². The second kappa shape index (κ2) is 4.82.